The van der Waals surface area contributed by atoms with Crippen LogP contribution in [0.1, 0.15) is 10.4 Å². The van der Waals surface area contributed by atoms with Crippen molar-refractivity contribution in [3.8, 4) is 5.75 Å². The zero-order chi connectivity index (χ0) is 20.5. The number of amides is 2. The van der Waals surface area contributed by atoms with E-state index >= 15 is 0 Å². The lowest BCUT2D eigenvalue weighted by Gasteiger charge is -2.27. The minimum atomic E-state index is 0.0177. The van der Waals surface area contributed by atoms with Gasteiger partial charge in [-0.25, -0.2) is 0 Å². The molecule has 1 aromatic carbocycles. The lowest BCUT2D eigenvalue weighted by molar-refractivity contribution is -0.132. The first-order chi connectivity index (χ1) is 14.2. The van der Waals surface area contributed by atoms with E-state index in [0.717, 1.165) is 16.2 Å². The highest BCUT2D eigenvalue weighted by atomic mass is 32.2. The van der Waals surface area contributed by atoms with E-state index in [9.17, 15) is 9.59 Å². The molecule has 6 nitrogen and oxygen atoms in total. The molecule has 29 heavy (non-hydrogen) atoms. The second-order valence-corrected chi connectivity index (χ2v) is 8.64. The van der Waals surface area contributed by atoms with E-state index in [2.05, 4.69) is 0 Å². The SMILES string of the molecule is COc1ccccc1CN(Cc1cccs1)C(=O)CSCC(=O)N1CCOCC1. The molecule has 1 aliphatic rings. The first-order valence-corrected chi connectivity index (χ1v) is 11.6. The molecule has 1 fully saturated rings. The smallest absolute Gasteiger partial charge is 0.233 e. The number of ether oxygens (including phenoxy) is 2. The van der Waals surface area contributed by atoms with Crippen LogP contribution in [0.2, 0.25) is 0 Å². The van der Waals surface area contributed by atoms with Gasteiger partial charge in [-0.05, 0) is 17.5 Å². The maximum Gasteiger partial charge on any atom is 0.233 e. The minimum absolute atomic E-state index is 0.0177. The number of benzene rings is 1. The molecule has 0 radical (unpaired) electrons. The van der Waals surface area contributed by atoms with E-state index in [1.165, 1.54) is 11.8 Å². The molecule has 1 aliphatic heterocycles. The van der Waals surface area contributed by atoms with Crippen LogP contribution in [0.5, 0.6) is 5.75 Å². The van der Waals surface area contributed by atoms with E-state index in [1.807, 2.05) is 46.7 Å². The zero-order valence-corrected chi connectivity index (χ0v) is 18.2. The highest BCUT2D eigenvalue weighted by Crippen LogP contribution is 2.22. The van der Waals surface area contributed by atoms with Crippen LogP contribution in [0.3, 0.4) is 0 Å². The van der Waals surface area contributed by atoms with E-state index in [0.29, 0.717) is 45.1 Å². The molecular weight excluding hydrogens is 408 g/mol. The molecule has 0 spiro atoms. The highest BCUT2D eigenvalue weighted by Gasteiger charge is 2.20. The van der Waals surface area contributed by atoms with Crippen molar-refractivity contribution >= 4 is 34.9 Å². The normalized spacial score (nSPS) is 13.9. The fourth-order valence-electron chi connectivity index (χ4n) is 3.08. The molecule has 156 valence electrons. The summed E-state index contributed by atoms with van der Waals surface area (Å²) in [4.78, 5) is 30.0. The maximum absolute atomic E-state index is 13.0. The number of morpholine rings is 1. The van der Waals surface area contributed by atoms with Crippen LogP contribution >= 0.6 is 23.1 Å². The third-order valence-electron chi connectivity index (χ3n) is 4.65. The third kappa shape index (κ3) is 6.48. The Bertz CT molecular complexity index is 792. The molecule has 0 N–H and O–H groups in total. The van der Waals surface area contributed by atoms with Gasteiger partial charge in [0, 0.05) is 30.1 Å². The largest absolute Gasteiger partial charge is 0.496 e. The summed E-state index contributed by atoms with van der Waals surface area (Å²) in [7, 11) is 1.64. The number of thioether (sulfide) groups is 1. The van der Waals surface area contributed by atoms with Gasteiger partial charge in [-0.15, -0.1) is 23.1 Å². The van der Waals surface area contributed by atoms with Gasteiger partial charge < -0.3 is 19.3 Å². The molecule has 0 saturated carbocycles. The Morgan fingerprint density at radius 2 is 1.93 bits per heavy atom. The molecule has 8 heteroatoms. The van der Waals surface area contributed by atoms with Gasteiger partial charge in [0.05, 0.1) is 38.4 Å². The number of nitrogens with zero attached hydrogens (tertiary/aromatic N) is 2. The van der Waals surface area contributed by atoms with Crippen molar-refractivity contribution in [2.24, 2.45) is 0 Å². The Hall–Kier alpha value is -2.03. The average Bonchev–Trinajstić information content (AvgIpc) is 3.27. The van der Waals surface area contributed by atoms with Crippen molar-refractivity contribution < 1.29 is 19.1 Å². The third-order valence-corrected chi connectivity index (χ3v) is 6.41. The molecule has 0 aliphatic carbocycles. The zero-order valence-electron chi connectivity index (χ0n) is 16.5. The first kappa shape index (κ1) is 21.7. The average molecular weight is 435 g/mol. The fourth-order valence-corrected chi connectivity index (χ4v) is 4.62. The lowest BCUT2D eigenvalue weighted by atomic mass is 10.2. The van der Waals surface area contributed by atoms with Crippen molar-refractivity contribution in [2.45, 2.75) is 13.1 Å². The van der Waals surface area contributed by atoms with E-state index in [1.54, 1.807) is 23.3 Å². The first-order valence-electron chi connectivity index (χ1n) is 9.52. The number of para-hydroxylation sites is 1. The van der Waals surface area contributed by atoms with Crippen molar-refractivity contribution in [2.75, 3.05) is 44.9 Å². The Labute approximate surface area is 179 Å². The minimum Gasteiger partial charge on any atom is -0.496 e. The van der Waals surface area contributed by atoms with Gasteiger partial charge in [-0.3, -0.25) is 9.59 Å². The van der Waals surface area contributed by atoms with Crippen molar-refractivity contribution in [1.82, 2.24) is 9.80 Å². The molecule has 1 aromatic heterocycles. The Morgan fingerprint density at radius 3 is 2.66 bits per heavy atom. The van der Waals surface area contributed by atoms with Crippen molar-refractivity contribution in [3.63, 3.8) is 0 Å². The van der Waals surface area contributed by atoms with Crippen LogP contribution in [0, 0.1) is 0 Å². The van der Waals surface area contributed by atoms with Crippen LogP contribution in [0.4, 0.5) is 0 Å². The molecule has 0 bridgehead atoms. The number of hydrogen-bond acceptors (Lipinski definition) is 6. The maximum atomic E-state index is 13.0. The summed E-state index contributed by atoms with van der Waals surface area (Å²) >= 11 is 3.01. The molecule has 2 heterocycles. The number of rotatable bonds is 9. The van der Waals surface area contributed by atoms with Gasteiger partial charge in [0.2, 0.25) is 11.8 Å². The molecular formula is C21H26N2O4S2. The van der Waals surface area contributed by atoms with Gasteiger partial charge in [-0.2, -0.15) is 0 Å². The summed E-state index contributed by atoms with van der Waals surface area (Å²) in [6.07, 6.45) is 0. The number of hydrogen-bond donors (Lipinski definition) is 0. The monoisotopic (exact) mass is 434 g/mol. The molecule has 3 rings (SSSR count). The summed E-state index contributed by atoms with van der Waals surface area (Å²) in [5, 5.41) is 2.01. The van der Waals surface area contributed by atoms with E-state index in [-0.39, 0.29) is 17.6 Å². The van der Waals surface area contributed by atoms with Crippen LogP contribution in [0.15, 0.2) is 41.8 Å². The summed E-state index contributed by atoms with van der Waals surface area (Å²) < 4.78 is 10.7. The second-order valence-electron chi connectivity index (χ2n) is 6.63. The van der Waals surface area contributed by atoms with Gasteiger partial charge in [0.25, 0.3) is 0 Å². The molecule has 0 atom stereocenters. The predicted molar refractivity (Wildman–Crippen MR) is 116 cm³/mol. The van der Waals surface area contributed by atoms with E-state index < -0.39 is 0 Å². The van der Waals surface area contributed by atoms with Crippen LogP contribution in [-0.2, 0) is 27.4 Å². The fraction of sp³-hybridized carbons (Fsp3) is 0.429. The number of thiophene rings is 1. The summed E-state index contributed by atoms with van der Waals surface area (Å²) in [6, 6.07) is 11.8. The number of methoxy groups -OCH3 is 1. The second kappa shape index (κ2) is 11.2. The molecule has 2 amide bonds. The molecule has 1 saturated heterocycles. The van der Waals surface area contributed by atoms with Gasteiger partial charge >= 0.3 is 0 Å². The summed E-state index contributed by atoms with van der Waals surface area (Å²) in [5.41, 5.74) is 0.967. The molecule has 0 unspecified atom stereocenters. The van der Waals surface area contributed by atoms with Gasteiger partial charge in [0.15, 0.2) is 0 Å². The summed E-state index contributed by atoms with van der Waals surface area (Å²) in [5.74, 6) is 1.44. The van der Waals surface area contributed by atoms with Crippen LogP contribution < -0.4 is 4.74 Å². The van der Waals surface area contributed by atoms with Gasteiger partial charge in [-0.1, -0.05) is 24.3 Å². The predicted octanol–water partition coefficient (Wildman–Crippen LogP) is 2.88. The highest BCUT2D eigenvalue weighted by molar-refractivity contribution is 8.00. The number of carbonyl (C=O) groups excluding carboxylic acids is 2. The lowest BCUT2D eigenvalue weighted by Crippen LogP contribution is -2.41. The van der Waals surface area contributed by atoms with Crippen LogP contribution in [0.25, 0.3) is 0 Å². The Morgan fingerprint density at radius 1 is 1.14 bits per heavy atom. The standard InChI is InChI=1S/C21H26N2O4S2/c1-26-19-7-3-2-5-17(19)13-23(14-18-6-4-12-29-18)21(25)16-28-15-20(24)22-8-10-27-11-9-22/h2-7,12H,8-11,13-16H2,1H3. The van der Waals surface area contributed by atoms with Crippen molar-refractivity contribution in [1.29, 1.82) is 0 Å². The van der Waals surface area contributed by atoms with Gasteiger partial charge in [0.1, 0.15) is 5.75 Å². The number of carbonyl (C=O) groups is 2. The molecule has 2 aromatic rings. The summed E-state index contributed by atoms with van der Waals surface area (Å²) in [6.45, 7) is 3.45. The Kier molecular flexibility index (Phi) is 8.39. The Balaban J connectivity index is 1.59. The van der Waals surface area contributed by atoms with E-state index in [4.69, 9.17) is 9.47 Å². The topological polar surface area (TPSA) is 59.1 Å². The van der Waals surface area contributed by atoms with Crippen LogP contribution in [-0.4, -0.2) is 66.5 Å². The van der Waals surface area contributed by atoms with Crippen molar-refractivity contribution in [3.05, 3.63) is 52.2 Å². The quantitative estimate of drug-likeness (QED) is 0.607.